The summed E-state index contributed by atoms with van der Waals surface area (Å²) in [6.45, 7) is 0. The van der Waals surface area contributed by atoms with Crippen LogP contribution in [0.15, 0.2) is 176 Å². The van der Waals surface area contributed by atoms with E-state index in [1.54, 1.807) is 0 Å². The van der Waals surface area contributed by atoms with Crippen molar-refractivity contribution < 1.29 is 0 Å². The fourth-order valence-corrected chi connectivity index (χ4v) is 8.46. The Hall–Kier alpha value is -6.49. The smallest absolute Gasteiger partial charge is 0.164 e. The molecule has 3 nitrogen and oxygen atoms in total. The summed E-state index contributed by atoms with van der Waals surface area (Å²) in [5.41, 5.74) is 7.55. The Labute approximate surface area is 299 Å². The molecule has 0 aliphatic rings. The molecular weight excluding hydrogens is 639 g/mol. The van der Waals surface area contributed by atoms with E-state index in [1.165, 1.54) is 52.8 Å². The highest BCUT2D eigenvalue weighted by Crippen LogP contribution is 2.45. The van der Waals surface area contributed by atoms with Gasteiger partial charge < -0.3 is 0 Å². The van der Waals surface area contributed by atoms with E-state index >= 15 is 0 Å². The molecule has 2 heterocycles. The van der Waals surface area contributed by atoms with Crippen molar-refractivity contribution in [3.63, 3.8) is 0 Å². The largest absolute Gasteiger partial charge is 0.208 e. The standard InChI is InChI=1S/C47H29N3S/c1-3-13-32(14-4-1)45-48-46(33-15-5-2-6-16-33)50-47(49-45)39-27-28-42-44(38-21-11-12-22-41(38)51-42)43(39)31-25-23-30(24-26-31)40-29-34-17-7-8-18-35(34)36-19-9-10-20-37(36)40/h1-29H. The Morgan fingerprint density at radius 2 is 0.882 bits per heavy atom. The summed E-state index contributed by atoms with van der Waals surface area (Å²) in [6, 6.07) is 62.2. The van der Waals surface area contributed by atoms with E-state index in [0.29, 0.717) is 17.5 Å². The van der Waals surface area contributed by atoms with Crippen LogP contribution in [0.1, 0.15) is 0 Å². The van der Waals surface area contributed by atoms with Gasteiger partial charge >= 0.3 is 0 Å². The minimum Gasteiger partial charge on any atom is -0.208 e. The van der Waals surface area contributed by atoms with Gasteiger partial charge in [0.05, 0.1) is 0 Å². The SMILES string of the molecule is c1ccc(-c2nc(-c3ccccc3)nc(-c3ccc4sc5ccccc5c4c3-c3ccc(-c4cc5ccccc5c5ccccc45)cc3)n2)cc1. The van der Waals surface area contributed by atoms with Gasteiger partial charge in [-0.25, -0.2) is 15.0 Å². The van der Waals surface area contributed by atoms with Crippen LogP contribution in [0.25, 0.3) is 98.1 Å². The average Bonchev–Trinajstić information content (AvgIpc) is 3.60. The van der Waals surface area contributed by atoms with Crippen LogP contribution in [-0.2, 0) is 0 Å². The van der Waals surface area contributed by atoms with Crippen molar-refractivity contribution in [2.75, 3.05) is 0 Å². The summed E-state index contributed by atoms with van der Waals surface area (Å²) >= 11 is 1.82. The summed E-state index contributed by atoms with van der Waals surface area (Å²) in [7, 11) is 0. The lowest BCUT2D eigenvalue weighted by atomic mass is 9.90. The number of rotatable bonds is 5. The maximum atomic E-state index is 5.17. The van der Waals surface area contributed by atoms with Gasteiger partial charge in [0.2, 0.25) is 0 Å². The van der Waals surface area contributed by atoms with Crippen molar-refractivity contribution >= 4 is 53.1 Å². The average molecular weight is 668 g/mol. The minimum atomic E-state index is 0.652. The van der Waals surface area contributed by atoms with E-state index in [4.69, 9.17) is 15.0 Å². The summed E-state index contributed by atoms with van der Waals surface area (Å²) in [5.74, 6) is 1.96. The van der Waals surface area contributed by atoms with Crippen molar-refractivity contribution in [3.05, 3.63) is 176 Å². The second kappa shape index (κ2) is 12.1. The molecule has 0 unspecified atom stereocenters. The highest BCUT2D eigenvalue weighted by atomic mass is 32.1. The van der Waals surface area contributed by atoms with Crippen molar-refractivity contribution in [2.24, 2.45) is 0 Å². The Morgan fingerprint density at radius 3 is 1.59 bits per heavy atom. The van der Waals surface area contributed by atoms with Crippen LogP contribution in [0.2, 0.25) is 0 Å². The normalized spacial score (nSPS) is 11.5. The number of fused-ring (bicyclic) bond motifs is 6. The quantitative estimate of drug-likeness (QED) is 0.171. The third kappa shape index (κ3) is 5.08. The monoisotopic (exact) mass is 667 g/mol. The molecule has 4 heteroatoms. The molecule has 0 amide bonds. The second-order valence-electron chi connectivity index (χ2n) is 12.8. The van der Waals surface area contributed by atoms with Gasteiger partial charge in [0, 0.05) is 42.4 Å². The summed E-state index contributed by atoms with van der Waals surface area (Å²) in [5, 5.41) is 7.49. The van der Waals surface area contributed by atoms with Crippen molar-refractivity contribution in [2.45, 2.75) is 0 Å². The zero-order valence-electron chi connectivity index (χ0n) is 27.5. The molecule has 238 valence electrons. The zero-order valence-corrected chi connectivity index (χ0v) is 28.3. The Balaban J connectivity index is 1.21. The number of hydrogen-bond donors (Lipinski definition) is 0. The van der Waals surface area contributed by atoms with Gasteiger partial charge in [-0.15, -0.1) is 11.3 Å². The zero-order chi connectivity index (χ0) is 33.7. The van der Waals surface area contributed by atoms with Crippen LogP contribution in [0.5, 0.6) is 0 Å². The van der Waals surface area contributed by atoms with Gasteiger partial charge in [-0.2, -0.15) is 0 Å². The summed E-state index contributed by atoms with van der Waals surface area (Å²) in [6.07, 6.45) is 0. The van der Waals surface area contributed by atoms with Gasteiger partial charge in [0.15, 0.2) is 17.5 Å². The van der Waals surface area contributed by atoms with Crippen LogP contribution in [0.4, 0.5) is 0 Å². The number of aromatic nitrogens is 3. The molecule has 10 rings (SSSR count). The van der Waals surface area contributed by atoms with E-state index < -0.39 is 0 Å². The molecule has 0 bridgehead atoms. The van der Waals surface area contributed by atoms with Gasteiger partial charge in [-0.3, -0.25) is 0 Å². The lowest BCUT2D eigenvalue weighted by molar-refractivity contribution is 1.07. The third-order valence-corrected chi connectivity index (χ3v) is 10.9. The molecule has 0 fully saturated rings. The molecule has 0 N–H and O–H groups in total. The third-order valence-electron chi connectivity index (χ3n) is 9.74. The van der Waals surface area contributed by atoms with Crippen molar-refractivity contribution in [3.8, 4) is 56.4 Å². The Bertz CT molecular complexity index is 2840. The molecular formula is C47H29N3S. The maximum absolute atomic E-state index is 5.17. The Morgan fingerprint density at radius 1 is 0.333 bits per heavy atom. The Kier molecular flexibility index (Phi) is 7.00. The number of nitrogens with zero attached hydrogens (tertiary/aromatic N) is 3. The topological polar surface area (TPSA) is 38.7 Å². The first-order valence-corrected chi connectivity index (χ1v) is 17.9. The van der Waals surface area contributed by atoms with E-state index in [1.807, 2.05) is 47.7 Å². The highest BCUT2D eigenvalue weighted by molar-refractivity contribution is 7.26. The van der Waals surface area contributed by atoms with Gasteiger partial charge in [-0.1, -0.05) is 152 Å². The van der Waals surface area contributed by atoms with Gasteiger partial charge in [-0.05, 0) is 62.5 Å². The molecule has 0 saturated carbocycles. The molecule has 0 radical (unpaired) electrons. The first-order chi connectivity index (χ1) is 25.3. The maximum Gasteiger partial charge on any atom is 0.164 e. The molecule has 51 heavy (non-hydrogen) atoms. The second-order valence-corrected chi connectivity index (χ2v) is 13.8. The first-order valence-electron chi connectivity index (χ1n) is 17.1. The van der Waals surface area contributed by atoms with E-state index in [2.05, 4.69) is 140 Å². The van der Waals surface area contributed by atoms with Crippen LogP contribution in [0, 0.1) is 0 Å². The molecule has 0 atom stereocenters. The lowest BCUT2D eigenvalue weighted by Crippen LogP contribution is -2.01. The molecule has 0 aliphatic carbocycles. The predicted molar refractivity (Wildman–Crippen MR) is 215 cm³/mol. The summed E-state index contributed by atoms with van der Waals surface area (Å²) in [4.78, 5) is 15.3. The molecule has 0 aliphatic heterocycles. The van der Waals surface area contributed by atoms with E-state index in [0.717, 1.165) is 27.8 Å². The van der Waals surface area contributed by atoms with Gasteiger partial charge in [0.25, 0.3) is 0 Å². The van der Waals surface area contributed by atoms with Crippen LogP contribution >= 0.6 is 11.3 Å². The first kappa shape index (κ1) is 29.4. The van der Waals surface area contributed by atoms with Crippen molar-refractivity contribution in [1.29, 1.82) is 0 Å². The number of benzene rings is 8. The van der Waals surface area contributed by atoms with Crippen LogP contribution < -0.4 is 0 Å². The molecule has 2 aromatic heterocycles. The van der Waals surface area contributed by atoms with Crippen LogP contribution in [-0.4, -0.2) is 15.0 Å². The number of hydrogen-bond acceptors (Lipinski definition) is 4. The number of thiophene rings is 1. The lowest BCUT2D eigenvalue weighted by Gasteiger charge is -2.15. The van der Waals surface area contributed by atoms with Crippen molar-refractivity contribution in [1.82, 2.24) is 15.0 Å². The molecule has 10 aromatic rings. The molecule has 8 aromatic carbocycles. The summed E-state index contributed by atoms with van der Waals surface area (Å²) < 4.78 is 2.50. The molecule has 0 spiro atoms. The molecule has 0 saturated heterocycles. The fraction of sp³-hybridized carbons (Fsp3) is 0. The highest BCUT2D eigenvalue weighted by Gasteiger charge is 2.20. The predicted octanol–water partition coefficient (Wildman–Crippen LogP) is 12.9. The van der Waals surface area contributed by atoms with E-state index in [-0.39, 0.29) is 0 Å². The fourth-order valence-electron chi connectivity index (χ4n) is 7.34. The van der Waals surface area contributed by atoms with Gasteiger partial charge in [0.1, 0.15) is 0 Å². The van der Waals surface area contributed by atoms with Crippen LogP contribution in [0.3, 0.4) is 0 Å². The van der Waals surface area contributed by atoms with E-state index in [9.17, 15) is 0 Å². The minimum absolute atomic E-state index is 0.652.